The maximum Gasteiger partial charge on any atom is 0.269 e. The zero-order valence-corrected chi connectivity index (χ0v) is 12.1. The van der Waals surface area contributed by atoms with Crippen molar-refractivity contribution in [2.45, 2.75) is 0 Å². The number of para-hydroxylation sites is 1. The second-order valence-electron chi connectivity index (χ2n) is 3.96. The van der Waals surface area contributed by atoms with Gasteiger partial charge in [-0.2, -0.15) is 0 Å². The highest BCUT2D eigenvalue weighted by Crippen LogP contribution is 2.27. The molecule has 0 saturated carbocycles. The second-order valence-corrected chi connectivity index (χ2v) is 5.29. The van der Waals surface area contributed by atoms with Crippen LogP contribution in [0.3, 0.4) is 0 Å². The van der Waals surface area contributed by atoms with Gasteiger partial charge in [-0.15, -0.1) is 11.3 Å². The molecule has 0 saturated heterocycles. The number of nitrogens with two attached hydrogens (primary N) is 1. The molecule has 0 atom stereocenters. The summed E-state index contributed by atoms with van der Waals surface area (Å²) in [5, 5.41) is 13.9. The number of benzene rings is 1. The fourth-order valence-corrected chi connectivity index (χ4v) is 2.86. The van der Waals surface area contributed by atoms with Gasteiger partial charge in [0.1, 0.15) is 4.88 Å². The van der Waals surface area contributed by atoms with Crippen LogP contribution < -0.4 is 10.6 Å². The Kier molecular flexibility index (Phi) is 4.26. The van der Waals surface area contributed by atoms with Crippen molar-refractivity contribution in [2.24, 2.45) is 10.9 Å². The SMILES string of the molecule is CN(C(=O)c1sccc1Cl)c1ccccc1/C(N)=N/O. The lowest BCUT2D eigenvalue weighted by atomic mass is 10.1. The van der Waals surface area contributed by atoms with Crippen LogP contribution in [0.15, 0.2) is 40.9 Å². The molecule has 1 heterocycles. The van der Waals surface area contributed by atoms with E-state index in [0.29, 0.717) is 21.2 Å². The first-order valence-corrected chi connectivity index (χ1v) is 6.90. The number of amides is 1. The molecule has 3 N–H and O–H groups in total. The molecule has 2 aromatic rings. The highest BCUT2D eigenvalue weighted by molar-refractivity contribution is 7.12. The number of oxime groups is 1. The number of hydrogen-bond acceptors (Lipinski definition) is 4. The van der Waals surface area contributed by atoms with E-state index in [1.165, 1.54) is 16.2 Å². The predicted molar refractivity (Wildman–Crippen MR) is 81.0 cm³/mol. The van der Waals surface area contributed by atoms with Crippen LogP contribution in [0.25, 0.3) is 0 Å². The first-order chi connectivity index (χ1) is 9.56. The number of anilines is 1. The van der Waals surface area contributed by atoms with Crippen molar-refractivity contribution >= 4 is 40.4 Å². The smallest absolute Gasteiger partial charge is 0.269 e. The van der Waals surface area contributed by atoms with Gasteiger partial charge in [0.25, 0.3) is 5.91 Å². The number of hydrogen-bond donors (Lipinski definition) is 2. The van der Waals surface area contributed by atoms with Gasteiger partial charge in [0, 0.05) is 12.6 Å². The lowest BCUT2D eigenvalue weighted by molar-refractivity contribution is 0.0997. The normalized spacial score (nSPS) is 11.4. The molecule has 1 aromatic carbocycles. The summed E-state index contributed by atoms with van der Waals surface area (Å²) in [5.41, 5.74) is 6.63. The van der Waals surface area contributed by atoms with Crippen LogP contribution in [-0.2, 0) is 0 Å². The van der Waals surface area contributed by atoms with Crippen molar-refractivity contribution in [3.8, 4) is 0 Å². The van der Waals surface area contributed by atoms with E-state index in [0.717, 1.165) is 0 Å². The summed E-state index contributed by atoms with van der Waals surface area (Å²) in [5.74, 6) is -0.305. The van der Waals surface area contributed by atoms with Crippen molar-refractivity contribution in [1.82, 2.24) is 0 Å². The van der Waals surface area contributed by atoms with Crippen molar-refractivity contribution in [1.29, 1.82) is 0 Å². The molecule has 104 valence electrons. The van der Waals surface area contributed by atoms with E-state index in [2.05, 4.69) is 5.16 Å². The van der Waals surface area contributed by atoms with Crippen molar-refractivity contribution in [3.63, 3.8) is 0 Å². The topological polar surface area (TPSA) is 78.9 Å². The van der Waals surface area contributed by atoms with Crippen molar-refractivity contribution in [2.75, 3.05) is 11.9 Å². The maximum atomic E-state index is 12.4. The summed E-state index contributed by atoms with van der Waals surface area (Å²) in [6.07, 6.45) is 0. The Morgan fingerprint density at radius 2 is 2.10 bits per heavy atom. The summed E-state index contributed by atoms with van der Waals surface area (Å²) < 4.78 is 0. The third-order valence-electron chi connectivity index (χ3n) is 2.77. The minimum atomic E-state index is -0.247. The van der Waals surface area contributed by atoms with Gasteiger partial charge in [0.2, 0.25) is 0 Å². The number of carbonyl (C=O) groups excluding carboxylic acids is 1. The van der Waals surface area contributed by atoms with E-state index in [-0.39, 0.29) is 11.7 Å². The molecule has 0 radical (unpaired) electrons. The van der Waals surface area contributed by atoms with Gasteiger partial charge in [0.05, 0.1) is 10.7 Å². The van der Waals surface area contributed by atoms with Crippen LogP contribution in [0.1, 0.15) is 15.2 Å². The average Bonchev–Trinajstić information content (AvgIpc) is 2.91. The maximum absolute atomic E-state index is 12.4. The Labute approximate surface area is 124 Å². The largest absolute Gasteiger partial charge is 0.409 e. The van der Waals surface area contributed by atoms with E-state index in [1.807, 2.05) is 0 Å². The molecule has 0 aliphatic carbocycles. The van der Waals surface area contributed by atoms with Gasteiger partial charge in [-0.25, -0.2) is 0 Å². The summed E-state index contributed by atoms with van der Waals surface area (Å²) in [6.45, 7) is 0. The second kappa shape index (κ2) is 5.94. The Balaban J connectivity index is 2.42. The predicted octanol–water partition coefficient (Wildman–Crippen LogP) is 2.77. The highest BCUT2D eigenvalue weighted by atomic mass is 35.5. The molecule has 0 bridgehead atoms. The van der Waals surface area contributed by atoms with Gasteiger partial charge in [-0.3, -0.25) is 4.79 Å². The van der Waals surface area contributed by atoms with E-state index < -0.39 is 0 Å². The number of carbonyl (C=O) groups is 1. The molecule has 0 spiro atoms. The van der Waals surface area contributed by atoms with Crippen molar-refractivity contribution < 1.29 is 10.0 Å². The highest BCUT2D eigenvalue weighted by Gasteiger charge is 2.20. The average molecular weight is 310 g/mol. The molecule has 20 heavy (non-hydrogen) atoms. The number of rotatable bonds is 3. The van der Waals surface area contributed by atoms with Crippen LogP contribution in [0, 0.1) is 0 Å². The first-order valence-electron chi connectivity index (χ1n) is 5.64. The zero-order chi connectivity index (χ0) is 14.7. The first kappa shape index (κ1) is 14.4. The minimum absolute atomic E-state index is 0.0578. The Morgan fingerprint density at radius 3 is 2.70 bits per heavy atom. The summed E-state index contributed by atoms with van der Waals surface area (Å²) >= 11 is 7.24. The Bertz CT molecular complexity index is 669. The fraction of sp³-hybridized carbons (Fsp3) is 0.0769. The standard InChI is InChI=1S/C13H12ClN3O2S/c1-17(13(18)11-9(14)6-7-20-11)10-5-3-2-4-8(10)12(15)16-19/h2-7,19H,1H3,(H2,15,16). The van der Waals surface area contributed by atoms with E-state index >= 15 is 0 Å². The minimum Gasteiger partial charge on any atom is -0.409 e. The number of halogens is 1. The van der Waals surface area contributed by atoms with Gasteiger partial charge in [-0.1, -0.05) is 28.9 Å². The molecule has 0 fully saturated rings. The summed E-state index contributed by atoms with van der Waals surface area (Å²) in [7, 11) is 1.61. The monoisotopic (exact) mass is 309 g/mol. The van der Waals surface area contributed by atoms with Gasteiger partial charge in [0.15, 0.2) is 5.84 Å². The Hall–Kier alpha value is -2.05. The van der Waals surface area contributed by atoms with E-state index in [9.17, 15) is 4.79 Å². The van der Waals surface area contributed by atoms with Crippen LogP contribution in [-0.4, -0.2) is 24.0 Å². The van der Waals surface area contributed by atoms with E-state index in [4.69, 9.17) is 22.5 Å². The zero-order valence-electron chi connectivity index (χ0n) is 10.6. The molecule has 0 aliphatic heterocycles. The molecule has 1 aromatic heterocycles. The quantitative estimate of drug-likeness (QED) is 0.396. The molecule has 0 unspecified atom stereocenters. The van der Waals surface area contributed by atoms with Crippen LogP contribution in [0.2, 0.25) is 5.02 Å². The molecule has 2 rings (SSSR count). The van der Waals surface area contributed by atoms with Crippen LogP contribution in [0.4, 0.5) is 5.69 Å². The van der Waals surface area contributed by atoms with Gasteiger partial charge >= 0.3 is 0 Å². The molecular formula is C13H12ClN3O2S. The molecule has 5 nitrogen and oxygen atoms in total. The number of nitrogens with zero attached hydrogens (tertiary/aromatic N) is 2. The summed E-state index contributed by atoms with van der Waals surface area (Å²) in [4.78, 5) is 14.3. The molecule has 0 aliphatic rings. The summed E-state index contributed by atoms with van der Waals surface area (Å²) in [6, 6.07) is 8.57. The van der Waals surface area contributed by atoms with Gasteiger partial charge in [-0.05, 0) is 23.6 Å². The fourth-order valence-electron chi connectivity index (χ4n) is 1.74. The van der Waals surface area contributed by atoms with E-state index in [1.54, 1.807) is 42.8 Å². The van der Waals surface area contributed by atoms with Crippen molar-refractivity contribution in [3.05, 3.63) is 51.2 Å². The lowest BCUT2D eigenvalue weighted by Crippen LogP contribution is -2.28. The van der Waals surface area contributed by atoms with Crippen LogP contribution in [0.5, 0.6) is 0 Å². The number of thiophene rings is 1. The van der Waals surface area contributed by atoms with Gasteiger partial charge < -0.3 is 15.8 Å². The lowest BCUT2D eigenvalue weighted by Gasteiger charge is -2.19. The third kappa shape index (κ3) is 2.61. The third-order valence-corrected chi connectivity index (χ3v) is 4.09. The Morgan fingerprint density at radius 1 is 1.40 bits per heavy atom. The molecular weight excluding hydrogens is 298 g/mol. The molecule has 1 amide bonds. The molecule has 7 heteroatoms. The van der Waals surface area contributed by atoms with Crippen LogP contribution >= 0.6 is 22.9 Å². The number of amidine groups is 1.